The van der Waals surface area contributed by atoms with Crippen LogP contribution in [0.25, 0.3) is 0 Å². The van der Waals surface area contributed by atoms with Gasteiger partial charge in [-0.1, -0.05) is 6.92 Å². The Kier molecular flexibility index (Phi) is 5.57. The summed E-state index contributed by atoms with van der Waals surface area (Å²) in [4.78, 5) is 6.49. The molecule has 0 amide bonds. The van der Waals surface area contributed by atoms with E-state index >= 15 is 0 Å². The first-order valence-corrected chi connectivity index (χ1v) is 7.55. The van der Waals surface area contributed by atoms with Gasteiger partial charge in [-0.3, -0.25) is 4.90 Å². The topological polar surface area (TPSA) is 41.3 Å². The highest BCUT2D eigenvalue weighted by molar-refractivity contribution is 7.07. The molecule has 4 nitrogen and oxygen atoms in total. The monoisotopic (exact) mass is 279 g/mol. The van der Waals surface area contributed by atoms with Gasteiger partial charge < -0.3 is 9.73 Å². The first-order chi connectivity index (χ1) is 9.28. The molecule has 0 aromatic carbocycles. The lowest BCUT2D eigenvalue weighted by molar-refractivity contribution is 0.285. The maximum atomic E-state index is 5.59. The van der Waals surface area contributed by atoms with Crippen LogP contribution >= 0.6 is 11.3 Å². The van der Waals surface area contributed by atoms with Crippen LogP contribution in [0.3, 0.4) is 0 Å². The molecule has 2 aromatic heterocycles. The van der Waals surface area contributed by atoms with Crippen molar-refractivity contribution in [1.82, 2.24) is 15.2 Å². The number of nitrogens with zero attached hydrogens (tertiary/aromatic N) is 2. The second kappa shape index (κ2) is 7.43. The molecule has 0 spiro atoms. The molecule has 0 atom stereocenters. The summed E-state index contributed by atoms with van der Waals surface area (Å²) in [7, 11) is 2.08. The van der Waals surface area contributed by atoms with Gasteiger partial charge in [0.1, 0.15) is 5.76 Å². The Morgan fingerprint density at radius 1 is 1.42 bits per heavy atom. The van der Waals surface area contributed by atoms with Crippen molar-refractivity contribution in [2.75, 3.05) is 13.6 Å². The normalized spacial score (nSPS) is 11.3. The van der Waals surface area contributed by atoms with Crippen LogP contribution in [-0.4, -0.2) is 23.5 Å². The van der Waals surface area contributed by atoms with E-state index in [1.807, 2.05) is 11.8 Å². The third-order valence-corrected chi connectivity index (χ3v) is 3.44. The summed E-state index contributed by atoms with van der Waals surface area (Å²) in [6.07, 6.45) is 3.00. The van der Waals surface area contributed by atoms with E-state index in [-0.39, 0.29) is 0 Å². The minimum atomic E-state index is 0.811. The van der Waals surface area contributed by atoms with E-state index in [1.165, 1.54) is 5.56 Å². The highest BCUT2D eigenvalue weighted by Gasteiger charge is 2.07. The van der Waals surface area contributed by atoms with Crippen molar-refractivity contribution in [3.05, 3.63) is 40.2 Å². The number of hydrogen-bond acceptors (Lipinski definition) is 5. The van der Waals surface area contributed by atoms with Gasteiger partial charge in [-0.25, -0.2) is 4.98 Å². The lowest BCUT2D eigenvalue weighted by atomic mass is 10.3. The van der Waals surface area contributed by atoms with E-state index in [9.17, 15) is 0 Å². The molecule has 5 heteroatoms. The molecule has 104 valence electrons. The Morgan fingerprint density at radius 2 is 2.32 bits per heavy atom. The van der Waals surface area contributed by atoms with Crippen molar-refractivity contribution >= 4 is 11.3 Å². The Balaban J connectivity index is 1.78. The quantitative estimate of drug-likeness (QED) is 0.754. The maximum absolute atomic E-state index is 5.59. The predicted molar refractivity (Wildman–Crippen MR) is 78.0 cm³/mol. The number of furan rings is 1. The van der Waals surface area contributed by atoms with E-state index in [2.05, 4.69) is 40.6 Å². The summed E-state index contributed by atoms with van der Waals surface area (Å²) >= 11 is 1.63. The van der Waals surface area contributed by atoms with Crippen LogP contribution in [-0.2, 0) is 19.6 Å². The summed E-state index contributed by atoms with van der Waals surface area (Å²) in [5, 5.41) is 5.45. The molecule has 2 rings (SSSR count). The van der Waals surface area contributed by atoms with E-state index in [1.54, 1.807) is 11.3 Å². The molecule has 0 bridgehead atoms. The molecule has 2 aromatic rings. The second-order valence-corrected chi connectivity index (χ2v) is 5.47. The van der Waals surface area contributed by atoms with Gasteiger partial charge in [0.25, 0.3) is 0 Å². The summed E-state index contributed by atoms with van der Waals surface area (Å²) in [6, 6.07) is 2.13. The molecular formula is C14H21N3OS. The van der Waals surface area contributed by atoms with Gasteiger partial charge in [0.15, 0.2) is 0 Å². The molecule has 0 aliphatic rings. The first-order valence-electron chi connectivity index (χ1n) is 6.60. The van der Waals surface area contributed by atoms with Gasteiger partial charge in [-0.05, 0) is 26.1 Å². The standard InChI is InChI=1S/C14H21N3OS/c1-3-4-15-6-12-5-14(18-9-12)8-17(2)7-13-10-19-11-16-13/h5,9-11,15H,3-4,6-8H2,1-2H3. The molecule has 0 aliphatic carbocycles. The number of rotatable bonds is 8. The van der Waals surface area contributed by atoms with Crippen molar-refractivity contribution in [3.63, 3.8) is 0 Å². The predicted octanol–water partition coefficient (Wildman–Crippen LogP) is 2.87. The lowest BCUT2D eigenvalue weighted by Crippen LogP contribution is -2.17. The van der Waals surface area contributed by atoms with Crippen LogP contribution in [0.5, 0.6) is 0 Å². The van der Waals surface area contributed by atoms with Crippen LogP contribution in [0.15, 0.2) is 27.6 Å². The average molecular weight is 279 g/mol. The fraction of sp³-hybridized carbons (Fsp3) is 0.500. The van der Waals surface area contributed by atoms with E-state index in [0.717, 1.165) is 44.1 Å². The highest BCUT2D eigenvalue weighted by Crippen LogP contribution is 2.12. The third-order valence-electron chi connectivity index (χ3n) is 2.81. The number of thiazole rings is 1. The van der Waals surface area contributed by atoms with Crippen LogP contribution < -0.4 is 5.32 Å². The molecule has 0 saturated carbocycles. The molecule has 19 heavy (non-hydrogen) atoms. The molecule has 2 heterocycles. The first kappa shape index (κ1) is 14.2. The van der Waals surface area contributed by atoms with Gasteiger partial charge >= 0.3 is 0 Å². The van der Waals surface area contributed by atoms with Gasteiger partial charge in [0.05, 0.1) is 24.0 Å². The van der Waals surface area contributed by atoms with E-state index < -0.39 is 0 Å². The summed E-state index contributed by atoms with van der Waals surface area (Å²) in [6.45, 7) is 5.76. The van der Waals surface area contributed by atoms with E-state index in [0.29, 0.717) is 0 Å². The number of hydrogen-bond donors (Lipinski definition) is 1. The average Bonchev–Trinajstić information content (AvgIpc) is 3.02. The zero-order valence-corrected chi connectivity index (χ0v) is 12.4. The van der Waals surface area contributed by atoms with Crippen molar-refractivity contribution in [1.29, 1.82) is 0 Å². The molecule has 0 unspecified atom stereocenters. The van der Waals surface area contributed by atoms with Crippen LogP contribution in [0.2, 0.25) is 0 Å². The van der Waals surface area contributed by atoms with Crippen LogP contribution in [0.4, 0.5) is 0 Å². The van der Waals surface area contributed by atoms with Gasteiger partial charge in [-0.2, -0.15) is 0 Å². The van der Waals surface area contributed by atoms with Crippen molar-refractivity contribution in [2.24, 2.45) is 0 Å². The minimum Gasteiger partial charge on any atom is -0.468 e. The number of nitrogens with one attached hydrogen (secondary N) is 1. The van der Waals surface area contributed by atoms with Gasteiger partial charge in [0, 0.05) is 24.0 Å². The third kappa shape index (κ3) is 4.78. The van der Waals surface area contributed by atoms with Gasteiger partial charge in [0.2, 0.25) is 0 Å². The molecule has 0 radical (unpaired) electrons. The van der Waals surface area contributed by atoms with E-state index in [4.69, 9.17) is 4.42 Å². The fourth-order valence-corrected chi connectivity index (χ4v) is 2.47. The lowest BCUT2D eigenvalue weighted by Gasteiger charge is -2.12. The number of aromatic nitrogens is 1. The minimum absolute atomic E-state index is 0.811. The Hall–Kier alpha value is -1.17. The molecule has 0 fully saturated rings. The SMILES string of the molecule is CCCNCc1coc(CN(C)Cc2cscn2)c1. The maximum Gasteiger partial charge on any atom is 0.118 e. The van der Waals surface area contributed by atoms with Crippen molar-refractivity contribution in [3.8, 4) is 0 Å². The summed E-state index contributed by atoms with van der Waals surface area (Å²) in [5.74, 6) is 1.01. The summed E-state index contributed by atoms with van der Waals surface area (Å²) in [5.41, 5.74) is 4.20. The highest BCUT2D eigenvalue weighted by atomic mass is 32.1. The Labute approximate surface area is 118 Å². The zero-order valence-electron chi connectivity index (χ0n) is 11.6. The zero-order chi connectivity index (χ0) is 13.5. The Morgan fingerprint density at radius 3 is 3.05 bits per heavy atom. The smallest absolute Gasteiger partial charge is 0.118 e. The molecule has 0 aliphatic heterocycles. The second-order valence-electron chi connectivity index (χ2n) is 4.75. The Bertz CT molecular complexity index is 467. The van der Waals surface area contributed by atoms with Gasteiger partial charge in [-0.15, -0.1) is 11.3 Å². The largest absolute Gasteiger partial charge is 0.468 e. The summed E-state index contributed by atoms with van der Waals surface area (Å²) < 4.78 is 5.59. The molecule has 1 N–H and O–H groups in total. The molecular weight excluding hydrogens is 258 g/mol. The van der Waals surface area contributed by atoms with Crippen molar-refractivity contribution < 1.29 is 4.42 Å². The fourth-order valence-electron chi connectivity index (χ4n) is 1.93. The van der Waals surface area contributed by atoms with Crippen LogP contribution in [0.1, 0.15) is 30.4 Å². The molecule has 0 saturated heterocycles. The van der Waals surface area contributed by atoms with Crippen LogP contribution in [0, 0.1) is 0 Å². The van der Waals surface area contributed by atoms with Crippen molar-refractivity contribution in [2.45, 2.75) is 33.0 Å².